The van der Waals surface area contributed by atoms with Gasteiger partial charge in [-0.1, -0.05) is 20.3 Å². The van der Waals surface area contributed by atoms with Crippen LogP contribution in [0.25, 0.3) is 0 Å². The van der Waals surface area contributed by atoms with Gasteiger partial charge in [0.15, 0.2) is 0 Å². The van der Waals surface area contributed by atoms with Crippen molar-refractivity contribution in [3.63, 3.8) is 0 Å². The van der Waals surface area contributed by atoms with Crippen molar-refractivity contribution in [2.24, 2.45) is 5.92 Å². The predicted molar refractivity (Wildman–Crippen MR) is 69.1 cm³/mol. The maximum atomic E-state index is 4.22. The van der Waals surface area contributed by atoms with Crippen molar-refractivity contribution >= 4 is 21.7 Å². The molecule has 0 radical (unpaired) electrons. The molecule has 0 spiro atoms. The molecule has 0 atom stereocenters. The summed E-state index contributed by atoms with van der Waals surface area (Å²) < 4.78 is 1.03. The standard InChI is InChI=1S/C9H11BrN2.C3H8/c10-8-3-4-9(12-6-8)11-5-7-1-2-7;1-3-2/h3-4,6-7H,1-2,5H2,(H,11,12);3H2,1-2H3. The Morgan fingerprint density at radius 1 is 1.40 bits per heavy atom. The van der Waals surface area contributed by atoms with Crippen molar-refractivity contribution in [2.75, 3.05) is 11.9 Å². The zero-order chi connectivity index (χ0) is 11.1. The molecule has 0 unspecified atom stereocenters. The number of hydrogen-bond donors (Lipinski definition) is 1. The van der Waals surface area contributed by atoms with E-state index in [2.05, 4.69) is 40.1 Å². The van der Waals surface area contributed by atoms with E-state index >= 15 is 0 Å². The number of rotatable bonds is 3. The molecule has 1 aliphatic carbocycles. The van der Waals surface area contributed by atoms with E-state index in [1.165, 1.54) is 19.3 Å². The monoisotopic (exact) mass is 270 g/mol. The van der Waals surface area contributed by atoms with Gasteiger partial charge in [-0.2, -0.15) is 0 Å². The van der Waals surface area contributed by atoms with Crippen molar-refractivity contribution < 1.29 is 0 Å². The molecule has 0 aromatic carbocycles. The van der Waals surface area contributed by atoms with Crippen LogP contribution in [0.1, 0.15) is 33.1 Å². The Morgan fingerprint density at radius 3 is 2.53 bits per heavy atom. The molecule has 15 heavy (non-hydrogen) atoms. The first-order chi connectivity index (χ1) is 7.26. The minimum absolute atomic E-state index is 0.899. The molecule has 0 amide bonds. The summed E-state index contributed by atoms with van der Waals surface area (Å²) in [6, 6.07) is 3.99. The van der Waals surface area contributed by atoms with Crippen LogP contribution in [0.4, 0.5) is 5.82 Å². The molecule has 1 aromatic heterocycles. The molecule has 2 rings (SSSR count). The first-order valence-corrected chi connectivity index (χ1v) is 6.41. The molecule has 1 heterocycles. The van der Waals surface area contributed by atoms with E-state index in [-0.39, 0.29) is 0 Å². The molecule has 0 saturated heterocycles. The maximum absolute atomic E-state index is 4.22. The summed E-state index contributed by atoms with van der Waals surface area (Å²) in [6.45, 7) is 5.33. The van der Waals surface area contributed by atoms with E-state index < -0.39 is 0 Å². The number of nitrogens with zero attached hydrogens (tertiary/aromatic N) is 1. The second-order valence-electron chi connectivity index (χ2n) is 3.89. The average molecular weight is 271 g/mol. The minimum Gasteiger partial charge on any atom is -0.370 e. The normalized spacial score (nSPS) is 14.1. The van der Waals surface area contributed by atoms with Crippen LogP contribution in [0.15, 0.2) is 22.8 Å². The highest BCUT2D eigenvalue weighted by atomic mass is 79.9. The van der Waals surface area contributed by atoms with E-state index in [1.807, 2.05) is 18.3 Å². The molecular weight excluding hydrogens is 252 g/mol. The molecule has 1 aliphatic rings. The number of anilines is 1. The smallest absolute Gasteiger partial charge is 0.125 e. The largest absolute Gasteiger partial charge is 0.370 e. The minimum atomic E-state index is 0.899. The highest BCUT2D eigenvalue weighted by Crippen LogP contribution is 2.28. The van der Waals surface area contributed by atoms with Gasteiger partial charge in [0, 0.05) is 17.2 Å². The van der Waals surface area contributed by atoms with Crippen LogP contribution in [-0.2, 0) is 0 Å². The third-order valence-electron chi connectivity index (χ3n) is 2.00. The number of nitrogens with one attached hydrogen (secondary N) is 1. The van der Waals surface area contributed by atoms with Gasteiger partial charge >= 0.3 is 0 Å². The number of hydrogen-bond acceptors (Lipinski definition) is 2. The van der Waals surface area contributed by atoms with Crippen LogP contribution >= 0.6 is 15.9 Å². The molecule has 1 N–H and O–H groups in total. The highest BCUT2D eigenvalue weighted by molar-refractivity contribution is 9.10. The molecule has 1 fully saturated rings. The summed E-state index contributed by atoms with van der Waals surface area (Å²) in [5, 5.41) is 3.30. The fourth-order valence-corrected chi connectivity index (χ4v) is 1.29. The molecule has 84 valence electrons. The molecule has 1 saturated carbocycles. The lowest BCUT2D eigenvalue weighted by Crippen LogP contribution is -2.04. The summed E-state index contributed by atoms with van der Waals surface area (Å²) in [7, 11) is 0. The molecule has 0 aliphatic heterocycles. The van der Waals surface area contributed by atoms with E-state index in [4.69, 9.17) is 0 Å². The molecular formula is C12H19BrN2. The summed E-state index contributed by atoms with van der Waals surface area (Å²) in [6.07, 6.45) is 5.82. The SMILES string of the molecule is Brc1ccc(NCC2CC2)nc1.CCC. The summed E-state index contributed by atoms with van der Waals surface area (Å²) in [5.41, 5.74) is 0. The van der Waals surface area contributed by atoms with Crippen LogP contribution in [-0.4, -0.2) is 11.5 Å². The lowest BCUT2D eigenvalue weighted by atomic mass is 10.4. The number of halogens is 1. The van der Waals surface area contributed by atoms with Gasteiger partial charge in [-0.25, -0.2) is 4.98 Å². The lowest BCUT2D eigenvalue weighted by molar-refractivity contribution is 0.883. The van der Waals surface area contributed by atoms with Gasteiger partial charge in [0.05, 0.1) is 0 Å². The van der Waals surface area contributed by atoms with Crippen molar-refractivity contribution in [3.05, 3.63) is 22.8 Å². The first kappa shape index (κ1) is 12.5. The fraction of sp³-hybridized carbons (Fsp3) is 0.583. The second-order valence-corrected chi connectivity index (χ2v) is 4.81. The highest BCUT2D eigenvalue weighted by Gasteiger charge is 2.20. The zero-order valence-electron chi connectivity index (χ0n) is 9.46. The van der Waals surface area contributed by atoms with E-state index in [9.17, 15) is 0 Å². The van der Waals surface area contributed by atoms with Crippen LogP contribution in [0.2, 0.25) is 0 Å². The fourth-order valence-electron chi connectivity index (χ4n) is 1.05. The van der Waals surface area contributed by atoms with Crippen molar-refractivity contribution in [2.45, 2.75) is 33.1 Å². The quantitative estimate of drug-likeness (QED) is 0.895. The lowest BCUT2D eigenvalue weighted by Gasteiger charge is -2.02. The van der Waals surface area contributed by atoms with Gasteiger partial charge < -0.3 is 5.32 Å². The molecule has 2 nitrogen and oxygen atoms in total. The Morgan fingerprint density at radius 2 is 2.07 bits per heavy atom. The summed E-state index contributed by atoms with van der Waals surface area (Å²) >= 11 is 3.35. The topological polar surface area (TPSA) is 24.9 Å². The maximum Gasteiger partial charge on any atom is 0.125 e. The first-order valence-electron chi connectivity index (χ1n) is 5.61. The number of aromatic nitrogens is 1. The van der Waals surface area contributed by atoms with Crippen LogP contribution in [0.3, 0.4) is 0 Å². The Bertz CT molecular complexity index is 267. The van der Waals surface area contributed by atoms with E-state index in [0.717, 1.165) is 22.8 Å². The van der Waals surface area contributed by atoms with Crippen molar-refractivity contribution in [3.8, 4) is 0 Å². The summed E-state index contributed by atoms with van der Waals surface area (Å²) in [4.78, 5) is 4.22. The van der Waals surface area contributed by atoms with Crippen molar-refractivity contribution in [1.82, 2.24) is 4.98 Å². The van der Waals surface area contributed by atoms with Gasteiger partial charge in [0.2, 0.25) is 0 Å². The molecule has 3 heteroatoms. The average Bonchev–Trinajstić information content (AvgIpc) is 3.02. The van der Waals surface area contributed by atoms with Gasteiger partial charge in [-0.05, 0) is 46.8 Å². The summed E-state index contributed by atoms with van der Waals surface area (Å²) in [5.74, 6) is 1.88. The van der Waals surface area contributed by atoms with E-state index in [1.54, 1.807) is 0 Å². The predicted octanol–water partition coefficient (Wildman–Crippen LogP) is 4.08. The van der Waals surface area contributed by atoms with Crippen molar-refractivity contribution in [1.29, 1.82) is 0 Å². The van der Waals surface area contributed by atoms with Gasteiger partial charge in [0.1, 0.15) is 5.82 Å². The second kappa shape index (κ2) is 6.83. The molecule has 1 aromatic rings. The van der Waals surface area contributed by atoms with Gasteiger partial charge in [-0.15, -0.1) is 0 Å². The molecule has 0 bridgehead atoms. The van der Waals surface area contributed by atoms with Crippen LogP contribution < -0.4 is 5.32 Å². The van der Waals surface area contributed by atoms with E-state index in [0.29, 0.717) is 0 Å². The van der Waals surface area contributed by atoms with Gasteiger partial charge in [-0.3, -0.25) is 0 Å². The Hall–Kier alpha value is -0.570. The Labute approximate surface area is 101 Å². The zero-order valence-corrected chi connectivity index (χ0v) is 11.0. The number of pyridine rings is 1. The van der Waals surface area contributed by atoms with Crippen LogP contribution in [0.5, 0.6) is 0 Å². The Balaban J connectivity index is 0.000000337. The third-order valence-corrected chi connectivity index (χ3v) is 2.47. The van der Waals surface area contributed by atoms with Crippen LogP contribution in [0, 0.1) is 5.92 Å². The Kier molecular flexibility index (Phi) is 5.69. The van der Waals surface area contributed by atoms with Gasteiger partial charge in [0.25, 0.3) is 0 Å². The third kappa shape index (κ3) is 5.78.